The van der Waals surface area contributed by atoms with Gasteiger partial charge in [-0.3, -0.25) is 0 Å². The summed E-state index contributed by atoms with van der Waals surface area (Å²) in [6.45, 7) is 0. The van der Waals surface area contributed by atoms with Crippen LogP contribution in [0.3, 0.4) is 0 Å². The Balaban J connectivity index is 2.12. The van der Waals surface area contributed by atoms with Crippen molar-refractivity contribution in [2.75, 3.05) is 0 Å². The van der Waals surface area contributed by atoms with Gasteiger partial charge in [-0.1, -0.05) is 12.1 Å². The Bertz CT molecular complexity index is 1220. The first-order valence-corrected chi connectivity index (χ1v) is 8.42. The minimum Gasteiger partial charge on any atom is -0.494 e. The van der Waals surface area contributed by atoms with Crippen LogP contribution in [-0.4, -0.2) is 25.7 Å². The number of aromatic hydroxyl groups is 1. The van der Waals surface area contributed by atoms with Crippen LogP contribution in [0.15, 0.2) is 46.0 Å². The average Bonchev–Trinajstić information content (AvgIpc) is 3.10. The quantitative estimate of drug-likeness (QED) is 0.415. The summed E-state index contributed by atoms with van der Waals surface area (Å²) in [5.74, 6) is -1.12. The molecule has 2 aromatic heterocycles. The highest BCUT2D eigenvalue weighted by Gasteiger charge is 2.24. The number of aryl methyl sites for hydroxylation is 1. The van der Waals surface area contributed by atoms with E-state index in [1.165, 1.54) is 12.1 Å². The first kappa shape index (κ1) is 16.3. The Hall–Kier alpha value is -3.13. The summed E-state index contributed by atoms with van der Waals surface area (Å²) in [4.78, 5) is 25.9. The molecule has 4 rings (SSSR count). The number of H-pyrrole nitrogens is 1. The molecule has 4 aromatic rings. The molecule has 0 bridgehead atoms. The molecule has 0 radical (unpaired) electrons. The van der Waals surface area contributed by atoms with Crippen LogP contribution in [0.1, 0.15) is 10.4 Å². The first-order chi connectivity index (χ1) is 12.4. The molecule has 0 saturated carbocycles. The Morgan fingerprint density at radius 1 is 1.23 bits per heavy atom. The number of hydrogen-bond acceptors (Lipinski definition) is 4. The zero-order valence-corrected chi connectivity index (χ0v) is 15.0. The van der Waals surface area contributed by atoms with Crippen molar-refractivity contribution >= 4 is 49.4 Å². The highest BCUT2D eigenvalue weighted by molar-refractivity contribution is 9.10. The molecule has 0 saturated heterocycles. The van der Waals surface area contributed by atoms with E-state index in [0.29, 0.717) is 22.2 Å². The van der Waals surface area contributed by atoms with Crippen LogP contribution < -0.4 is 0 Å². The lowest BCUT2D eigenvalue weighted by Gasteiger charge is -1.99. The van der Waals surface area contributed by atoms with E-state index in [1.807, 2.05) is 18.2 Å². The standard InChI is InChI=1S/C18H12BrN3O4/c1-22-16-9(3-2-4-11(16)19)13(17(22)23)15-14(21-26)10-7-8(18(24)25)5-6-12(10)20-15/h2-7,20,23H,1H3,(H,24,25). The summed E-state index contributed by atoms with van der Waals surface area (Å²) in [6.07, 6.45) is 0. The number of fused-ring (bicyclic) bond motifs is 2. The van der Waals surface area contributed by atoms with E-state index in [2.05, 4.69) is 26.1 Å². The summed E-state index contributed by atoms with van der Waals surface area (Å²) in [5.41, 5.74) is 2.22. The van der Waals surface area contributed by atoms with Crippen LogP contribution in [0.5, 0.6) is 5.88 Å². The van der Waals surface area contributed by atoms with Gasteiger partial charge in [0.1, 0.15) is 5.69 Å². The lowest BCUT2D eigenvalue weighted by Crippen LogP contribution is -1.94. The Morgan fingerprint density at radius 3 is 2.69 bits per heavy atom. The van der Waals surface area contributed by atoms with Gasteiger partial charge in [0.15, 0.2) is 0 Å². The number of rotatable bonds is 3. The molecule has 2 aromatic carbocycles. The third-order valence-corrected chi connectivity index (χ3v) is 5.13. The van der Waals surface area contributed by atoms with E-state index in [4.69, 9.17) is 0 Å². The second-order valence-corrected chi connectivity index (χ2v) is 6.75. The first-order valence-electron chi connectivity index (χ1n) is 7.62. The molecule has 0 aliphatic carbocycles. The second kappa shape index (κ2) is 5.70. The molecule has 0 unspecified atom stereocenters. The van der Waals surface area contributed by atoms with Crippen LogP contribution in [0.25, 0.3) is 33.1 Å². The maximum absolute atomic E-state index is 11.6. The van der Waals surface area contributed by atoms with Gasteiger partial charge in [0, 0.05) is 27.8 Å². The van der Waals surface area contributed by atoms with E-state index >= 15 is 0 Å². The third kappa shape index (κ3) is 2.15. The van der Waals surface area contributed by atoms with Crippen molar-refractivity contribution in [3.8, 4) is 17.1 Å². The number of hydrogen-bond donors (Lipinski definition) is 3. The number of carboxylic acid groups (broad SMARTS) is 1. The molecule has 0 fully saturated rings. The van der Waals surface area contributed by atoms with Crippen LogP contribution in [0, 0.1) is 4.91 Å². The second-order valence-electron chi connectivity index (χ2n) is 5.90. The summed E-state index contributed by atoms with van der Waals surface area (Å²) >= 11 is 3.47. The molecule has 0 spiro atoms. The van der Waals surface area contributed by atoms with Gasteiger partial charge in [-0.15, -0.1) is 4.91 Å². The predicted molar refractivity (Wildman–Crippen MR) is 102 cm³/mol. The molecule has 130 valence electrons. The molecule has 0 aliphatic rings. The topological polar surface area (TPSA) is 108 Å². The van der Waals surface area contributed by atoms with Gasteiger partial charge in [0.05, 0.1) is 22.3 Å². The summed E-state index contributed by atoms with van der Waals surface area (Å²) in [5, 5.41) is 24.1. The van der Waals surface area contributed by atoms with Crippen LogP contribution >= 0.6 is 15.9 Å². The number of benzene rings is 2. The number of halogens is 1. The Morgan fingerprint density at radius 2 is 2.00 bits per heavy atom. The molecular formula is C18H12BrN3O4. The van der Waals surface area contributed by atoms with Crippen molar-refractivity contribution in [1.29, 1.82) is 0 Å². The number of aromatic amines is 1. The van der Waals surface area contributed by atoms with Crippen molar-refractivity contribution in [3.63, 3.8) is 0 Å². The molecule has 0 amide bonds. The van der Waals surface area contributed by atoms with Crippen LogP contribution in [0.4, 0.5) is 5.69 Å². The van der Waals surface area contributed by atoms with Crippen LogP contribution in [0.2, 0.25) is 0 Å². The molecule has 2 heterocycles. The third-order valence-electron chi connectivity index (χ3n) is 4.49. The van der Waals surface area contributed by atoms with E-state index in [9.17, 15) is 19.9 Å². The number of nitroso groups, excluding NO2 is 1. The van der Waals surface area contributed by atoms with Gasteiger partial charge in [-0.05, 0) is 45.4 Å². The predicted octanol–water partition coefficient (Wildman–Crippen LogP) is 4.89. The highest BCUT2D eigenvalue weighted by Crippen LogP contribution is 2.46. The number of nitrogens with zero attached hydrogens (tertiary/aromatic N) is 2. The number of aromatic carboxylic acids is 1. The Labute approximate surface area is 155 Å². The van der Waals surface area contributed by atoms with Gasteiger partial charge in [-0.2, -0.15) is 0 Å². The number of nitrogens with one attached hydrogen (secondary N) is 1. The fourth-order valence-electron chi connectivity index (χ4n) is 3.28. The number of carboxylic acids is 1. The summed E-state index contributed by atoms with van der Waals surface area (Å²) in [6, 6.07) is 9.93. The van der Waals surface area contributed by atoms with Gasteiger partial charge in [0.2, 0.25) is 5.88 Å². The van der Waals surface area contributed by atoms with Crippen LogP contribution in [-0.2, 0) is 7.05 Å². The van der Waals surface area contributed by atoms with Crippen molar-refractivity contribution < 1.29 is 15.0 Å². The SMILES string of the molecule is Cn1c(O)c(-c2[nH]c3ccc(C(=O)O)cc3c2N=O)c2cccc(Br)c21. The van der Waals surface area contributed by atoms with E-state index in [0.717, 1.165) is 15.4 Å². The minimum atomic E-state index is -1.09. The molecule has 8 heteroatoms. The molecular weight excluding hydrogens is 402 g/mol. The molecule has 3 N–H and O–H groups in total. The minimum absolute atomic E-state index is 0.0261. The molecule has 26 heavy (non-hydrogen) atoms. The van der Waals surface area contributed by atoms with E-state index < -0.39 is 5.97 Å². The van der Waals surface area contributed by atoms with Gasteiger partial charge in [-0.25, -0.2) is 4.79 Å². The zero-order valence-electron chi connectivity index (χ0n) is 13.4. The van der Waals surface area contributed by atoms with Crippen molar-refractivity contribution in [1.82, 2.24) is 9.55 Å². The maximum atomic E-state index is 11.6. The van der Waals surface area contributed by atoms with E-state index in [1.54, 1.807) is 17.7 Å². The highest BCUT2D eigenvalue weighted by atomic mass is 79.9. The van der Waals surface area contributed by atoms with Crippen molar-refractivity contribution in [3.05, 3.63) is 51.3 Å². The van der Waals surface area contributed by atoms with Crippen molar-refractivity contribution in [2.45, 2.75) is 0 Å². The van der Waals surface area contributed by atoms with Gasteiger partial charge in [0.25, 0.3) is 0 Å². The van der Waals surface area contributed by atoms with Gasteiger partial charge < -0.3 is 19.8 Å². The number of para-hydroxylation sites is 1. The molecule has 0 aliphatic heterocycles. The largest absolute Gasteiger partial charge is 0.494 e. The fourth-order valence-corrected chi connectivity index (χ4v) is 3.92. The maximum Gasteiger partial charge on any atom is 0.335 e. The lowest BCUT2D eigenvalue weighted by atomic mass is 10.1. The number of aromatic nitrogens is 2. The number of carbonyl (C=O) groups is 1. The van der Waals surface area contributed by atoms with Gasteiger partial charge >= 0.3 is 5.97 Å². The monoisotopic (exact) mass is 413 g/mol. The Kier molecular flexibility index (Phi) is 3.58. The summed E-state index contributed by atoms with van der Waals surface area (Å²) in [7, 11) is 1.71. The smallest absolute Gasteiger partial charge is 0.335 e. The zero-order chi connectivity index (χ0) is 18.6. The fraction of sp³-hybridized carbons (Fsp3) is 0.0556. The lowest BCUT2D eigenvalue weighted by molar-refractivity contribution is 0.0697. The average molecular weight is 414 g/mol. The van der Waals surface area contributed by atoms with E-state index in [-0.39, 0.29) is 17.1 Å². The normalized spacial score (nSPS) is 11.3. The molecule has 7 nitrogen and oxygen atoms in total. The van der Waals surface area contributed by atoms with Crippen molar-refractivity contribution in [2.24, 2.45) is 12.2 Å². The molecule has 0 atom stereocenters. The summed E-state index contributed by atoms with van der Waals surface area (Å²) < 4.78 is 2.40.